The Balaban J connectivity index is 1.69. The molecule has 1 saturated heterocycles. The third kappa shape index (κ3) is 3.71. The molecule has 2 nitrogen and oxygen atoms in total. The quantitative estimate of drug-likeness (QED) is 0.800. The fraction of sp³-hybridized carbons (Fsp3) is 0.471. The molecule has 112 valence electrons. The maximum atomic E-state index is 6.44. The van der Waals surface area contributed by atoms with Crippen molar-refractivity contribution in [3.8, 4) is 0 Å². The summed E-state index contributed by atoms with van der Waals surface area (Å²) in [5, 5.41) is 3.89. The standard InChI is InChI=1S/C17H21ClN2S/c1-2-7-20-8-4-15(5-9-20)21-17-11-13-3-6-19-12-14(13)10-16(17)18/h3,6,10-12,15H,2,4-5,7-9H2,1H3. The van der Waals surface area contributed by atoms with E-state index in [1.54, 1.807) is 0 Å². The lowest BCUT2D eigenvalue weighted by Gasteiger charge is -2.31. The highest BCUT2D eigenvalue weighted by atomic mass is 35.5. The summed E-state index contributed by atoms with van der Waals surface area (Å²) >= 11 is 8.39. The summed E-state index contributed by atoms with van der Waals surface area (Å²) in [5.41, 5.74) is 0. The monoisotopic (exact) mass is 320 g/mol. The van der Waals surface area contributed by atoms with Crippen LogP contribution in [0.5, 0.6) is 0 Å². The number of piperidine rings is 1. The van der Waals surface area contributed by atoms with Crippen molar-refractivity contribution in [2.45, 2.75) is 36.3 Å². The Kier molecular flexibility index (Phi) is 5.04. The lowest BCUT2D eigenvalue weighted by atomic mass is 10.1. The van der Waals surface area contributed by atoms with Crippen molar-refractivity contribution < 1.29 is 0 Å². The van der Waals surface area contributed by atoms with Crippen LogP contribution in [0.25, 0.3) is 10.8 Å². The molecular formula is C17H21ClN2S. The average molecular weight is 321 g/mol. The van der Waals surface area contributed by atoms with Crippen LogP contribution in [0.3, 0.4) is 0 Å². The van der Waals surface area contributed by atoms with Crippen LogP contribution in [0.1, 0.15) is 26.2 Å². The highest BCUT2D eigenvalue weighted by Gasteiger charge is 2.20. The van der Waals surface area contributed by atoms with Gasteiger partial charge >= 0.3 is 0 Å². The molecule has 0 saturated carbocycles. The molecule has 1 aromatic heterocycles. The van der Waals surface area contributed by atoms with Crippen molar-refractivity contribution in [3.05, 3.63) is 35.6 Å². The summed E-state index contributed by atoms with van der Waals surface area (Å²) in [5.74, 6) is 0. The van der Waals surface area contributed by atoms with Crippen molar-refractivity contribution >= 4 is 34.1 Å². The van der Waals surface area contributed by atoms with Gasteiger partial charge in [-0.2, -0.15) is 0 Å². The van der Waals surface area contributed by atoms with E-state index in [0.717, 1.165) is 10.4 Å². The molecule has 0 radical (unpaired) electrons. The first-order valence-electron chi connectivity index (χ1n) is 7.68. The molecule has 0 spiro atoms. The Morgan fingerprint density at radius 3 is 2.86 bits per heavy atom. The Morgan fingerprint density at radius 1 is 1.29 bits per heavy atom. The summed E-state index contributed by atoms with van der Waals surface area (Å²) in [6.45, 7) is 5.94. The van der Waals surface area contributed by atoms with Gasteiger partial charge in [-0.3, -0.25) is 4.98 Å². The van der Waals surface area contributed by atoms with Crippen LogP contribution in [-0.2, 0) is 0 Å². The van der Waals surface area contributed by atoms with Crippen molar-refractivity contribution in [1.82, 2.24) is 9.88 Å². The van der Waals surface area contributed by atoms with Gasteiger partial charge < -0.3 is 4.90 Å². The lowest BCUT2D eigenvalue weighted by Crippen LogP contribution is -2.35. The summed E-state index contributed by atoms with van der Waals surface area (Å²) in [6.07, 6.45) is 7.49. The number of pyridine rings is 1. The summed E-state index contributed by atoms with van der Waals surface area (Å²) < 4.78 is 0. The molecule has 1 aliphatic rings. The molecule has 3 rings (SSSR count). The molecule has 0 bridgehead atoms. The number of fused-ring (bicyclic) bond motifs is 1. The largest absolute Gasteiger partial charge is 0.303 e. The molecule has 0 amide bonds. The van der Waals surface area contributed by atoms with E-state index in [9.17, 15) is 0 Å². The molecule has 2 heterocycles. The third-order valence-electron chi connectivity index (χ3n) is 4.06. The van der Waals surface area contributed by atoms with E-state index in [-0.39, 0.29) is 0 Å². The van der Waals surface area contributed by atoms with Crippen LogP contribution in [0.2, 0.25) is 5.02 Å². The van der Waals surface area contributed by atoms with Crippen LogP contribution in [-0.4, -0.2) is 34.8 Å². The van der Waals surface area contributed by atoms with Crippen LogP contribution in [0.15, 0.2) is 35.5 Å². The Labute approximate surface area is 135 Å². The van der Waals surface area contributed by atoms with E-state index in [0.29, 0.717) is 5.25 Å². The molecule has 2 aromatic rings. The van der Waals surface area contributed by atoms with Crippen LogP contribution in [0.4, 0.5) is 0 Å². The van der Waals surface area contributed by atoms with E-state index in [4.69, 9.17) is 11.6 Å². The second-order valence-corrected chi connectivity index (χ2v) is 7.41. The molecule has 21 heavy (non-hydrogen) atoms. The fourth-order valence-corrected chi connectivity index (χ4v) is 4.40. The van der Waals surface area contributed by atoms with Gasteiger partial charge in [0.1, 0.15) is 0 Å². The highest BCUT2D eigenvalue weighted by Crippen LogP contribution is 2.37. The minimum atomic E-state index is 0.690. The topological polar surface area (TPSA) is 16.1 Å². The molecule has 0 atom stereocenters. The number of likely N-dealkylation sites (tertiary alicyclic amines) is 1. The molecule has 0 aliphatic carbocycles. The molecular weight excluding hydrogens is 300 g/mol. The normalized spacial score (nSPS) is 17.4. The number of hydrogen-bond acceptors (Lipinski definition) is 3. The van der Waals surface area contributed by atoms with E-state index in [1.807, 2.05) is 30.2 Å². The Hall–Kier alpha value is -0.770. The first kappa shape index (κ1) is 15.1. The molecule has 0 unspecified atom stereocenters. The number of aromatic nitrogens is 1. The van der Waals surface area contributed by atoms with Crippen molar-refractivity contribution in [3.63, 3.8) is 0 Å². The predicted octanol–water partition coefficient (Wildman–Crippen LogP) is 4.85. The van der Waals surface area contributed by atoms with E-state index in [2.05, 4.69) is 28.9 Å². The second-order valence-electron chi connectivity index (χ2n) is 5.66. The maximum Gasteiger partial charge on any atom is 0.0548 e. The fourth-order valence-electron chi connectivity index (χ4n) is 2.92. The molecule has 1 aliphatic heterocycles. The molecule has 0 N–H and O–H groups in total. The number of hydrogen-bond donors (Lipinski definition) is 0. The number of thioether (sulfide) groups is 1. The second kappa shape index (κ2) is 6.99. The van der Waals surface area contributed by atoms with Gasteiger partial charge in [0, 0.05) is 27.9 Å². The Bertz CT molecular complexity index is 609. The van der Waals surface area contributed by atoms with Crippen LogP contribution in [0, 0.1) is 0 Å². The molecule has 4 heteroatoms. The van der Waals surface area contributed by atoms with E-state index < -0.39 is 0 Å². The zero-order chi connectivity index (χ0) is 14.7. The van der Waals surface area contributed by atoms with E-state index >= 15 is 0 Å². The summed E-state index contributed by atoms with van der Waals surface area (Å²) in [4.78, 5) is 7.94. The summed E-state index contributed by atoms with van der Waals surface area (Å²) in [7, 11) is 0. The van der Waals surface area contributed by atoms with Crippen LogP contribution < -0.4 is 0 Å². The van der Waals surface area contributed by atoms with Gasteiger partial charge in [-0.1, -0.05) is 18.5 Å². The summed E-state index contributed by atoms with van der Waals surface area (Å²) in [6, 6.07) is 6.31. The van der Waals surface area contributed by atoms with Crippen LogP contribution >= 0.6 is 23.4 Å². The maximum absolute atomic E-state index is 6.44. The SMILES string of the molecule is CCCN1CCC(Sc2cc3ccncc3cc2Cl)CC1. The van der Waals surface area contributed by atoms with Gasteiger partial charge in [-0.25, -0.2) is 0 Å². The number of nitrogens with zero attached hydrogens (tertiary/aromatic N) is 2. The zero-order valence-electron chi connectivity index (χ0n) is 12.4. The molecule has 1 fully saturated rings. The van der Waals surface area contributed by atoms with Crippen molar-refractivity contribution in [2.24, 2.45) is 0 Å². The van der Waals surface area contributed by atoms with Crippen molar-refractivity contribution in [1.29, 1.82) is 0 Å². The van der Waals surface area contributed by atoms with Gasteiger partial charge in [0.2, 0.25) is 0 Å². The lowest BCUT2D eigenvalue weighted by molar-refractivity contribution is 0.233. The number of halogens is 1. The van der Waals surface area contributed by atoms with Gasteiger partial charge in [-0.15, -0.1) is 11.8 Å². The smallest absolute Gasteiger partial charge is 0.0548 e. The van der Waals surface area contributed by atoms with Gasteiger partial charge in [0.05, 0.1) is 5.02 Å². The van der Waals surface area contributed by atoms with Gasteiger partial charge in [0.15, 0.2) is 0 Å². The third-order valence-corrected chi connectivity index (χ3v) is 5.88. The Morgan fingerprint density at radius 2 is 2.10 bits per heavy atom. The minimum absolute atomic E-state index is 0.690. The number of rotatable bonds is 4. The van der Waals surface area contributed by atoms with E-state index in [1.165, 1.54) is 49.2 Å². The first-order chi connectivity index (χ1) is 10.3. The first-order valence-corrected chi connectivity index (χ1v) is 8.94. The van der Waals surface area contributed by atoms with Gasteiger partial charge in [-0.05, 0) is 62.5 Å². The highest BCUT2D eigenvalue weighted by molar-refractivity contribution is 8.00. The van der Waals surface area contributed by atoms with Gasteiger partial charge in [0.25, 0.3) is 0 Å². The number of benzene rings is 1. The molecule has 1 aromatic carbocycles. The average Bonchev–Trinajstić information content (AvgIpc) is 2.50. The predicted molar refractivity (Wildman–Crippen MR) is 92.4 cm³/mol. The zero-order valence-corrected chi connectivity index (χ0v) is 14.0. The van der Waals surface area contributed by atoms with Crippen molar-refractivity contribution in [2.75, 3.05) is 19.6 Å². The minimum Gasteiger partial charge on any atom is -0.303 e.